The molecule has 5 nitrogen and oxygen atoms in total. The molecule has 3 N–H and O–H groups in total. The molecule has 0 bridgehead atoms. The third-order valence-corrected chi connectivity index (χ3v) is 3.13. The highest BCUT2D eigenvalue weighted by molar-refractivity contribution is 7.99. The maximum Gasteiger partial charge on any atom is 0.234 e. The topological polar surface area (TPSA) is 81.4 Å². The van der Waals surface area contributed by atoms with Gasteiger partial charge in [0, 0.05) is 17.9 Å². The van der Waals surface area contributed by atoms with Gasteiger partial charge in [-0.3, -0.25) is 9.59 Å². The Bertz CT molecular complexity index is 420. The number of ether oxygens (including phenoxy) is 1. The number of rotatable bonds is 8. The standard InChI is InChI=1S/C13H18N2O3S/c1-2-18-11-5-3-10(4-6-11)15-13(17)9-19-8-7-12(14)16/h3-6H,2,7-9H2,1H3,(H2,14,16)(H,15,17). The van der Waals surface area contributed by atoms with Crippen molar-refractivity contribution in [2.24, 2.45) is 5.73 Å². The summed E-state index contributed by atoms with van der Waals surface area (Å²) in [5, 5.41) is 2.77. The van der Waals surface area contributed by atoms with Crippen LogP contribution in [0.2, 0.25) is 0 Å². The van der Waals surface area contributed by atoms with Crippen molar-refractivity contribution in [3.8, 4) is 5.75 Å². The summed E-state index contributed by atoms with van der Waals surface area (Å²) in [7, 11) is 0. The minimum absolute atomic E-state index is 0.0985. The first-order valence-electron chi connectivity index (χ1n) is 6.00. The molecule has 1 aromatic rings. The Morgan fingerprint density at radius 1 is 1.32 bits per heavy atom. The van der Waals surface area contributed by atoms with Gasteiger partial charge in [-0.25, -0.2) is 0 Å². The third kappa shape index (κ3) is 6.71. The van der Waals surface area contributed by atoms with E-state index in [-0.39, 0.29) is 11.8 Å². The second-order valence-corrected chi connectivity index (χ2v) is 4.88. The van der Waals surface area contributed by atoms with E-state index in [0.717, 1.165) is 11.4 Å². The number of hydrogen-bond acceptors (Lipinski definition) is 4. The van der Waals surface area contributed by atoms with Crippen molar-refractivity contribution in [1.82, 2.24) is 0 Å². The van der Waals surface area contributed by atoms with Crippen LogP contribution >= 0.6 is 11.8 Å². The number of benzene rings is 1. The van der Waals surface area contributed by atoms with Gasteiger partial charge in [-0.1, -0.05) is 0 Å². The van der Waals surface area contributed by atoms with E-state index >= 15 is 0 Å². The summed E-state index contributed by atoms with van der Waals surface area (Å²) in [5.74, 6) is 1.20. The number of carbonyl (C=O) groups is 2. The fourth-order valence-corrected chi connectivity index (χ4v) is 2.08. The number of nitrogens with one attached hydrogen (secondary N) is 1. The molecule has 0 heterocycles. The summed E-state index contributed by atoms with van der Waals surface area (Å²) < 4.78 is 5.31. The highest BCUT2D eigenvalue weighted by Crippen LogP contribution is 2.16. The summed E-state index contributed by atoms with van der Waals surface area (Å²) >= 11 is 1.38. The van der Waals surface area contributed by atoms with Crippen LogP contribution in [-0.2, 0) is 9.59 Å². The number of hydrogen-bond donors (Lipinski definition) is 2. The van der Waals surface area contributed by atoms with Gasteiger partial charge in [0.05, 0.1) is 12.4 Å². The predicted molar refractivity (Wildman–Crippen MR) is 77.4 cm³/mol. The number of amides is 2. The van der Waals surface area contributed by atoms with Crippen LogP contribution in [0.25, 0.3) is 0 Å². The number of thioether (sulfide) groups is 1. The Kier molecular flexibility index (Phi) is 6.81. The quantitative estimate of drug-likeness (QED) is 0.710. The number of primary amides is 1. The van der Waals surface area contributed by atoms with Crippen LogP contribution in [0, 0.1) is 0 Å². The first-order valence-corrected chi connectivity index (χ1v) is 7.16. The number of nitrogens with two attached hydrogens (primary N) is 1. The van der Waals surface area contributed by atoms with Crippen molar-refractivity contribution < 1.29 is 14.3 Å². The summed E-state index contributed by atoms with van der Waals surface area (Å²) in [6.07, 6.45) is 0.293. The second-order valence-electron chi connectivity index (χ2n) is 3.77. The van der Waals surface area contributed by atoms with Crippen LogP contribution in [-0.4, -0.2) is 29.9 Å². The Hall–Kier alpha value is -1.69. The third-order valence-electron chi connectivity index (χ3n) is 2.18. The van der Waals surface area contributed by atoms with E-state index in [0.29, 0.717) is 24.5 Å². The van der Waals surface area contributed by atoms with Crippen LogP contribution in [0.15, 0.2) is 24.3 Å². The summed E-state index contributed by atoms with van der Waals surface area (Å²) in [6, 6.07) is 7.19. The van der Waals surface area contributed by atoms with E-state index in [2.05, 4.69) is 5.32 Å². The molecular formula is C13H18N2O3S. The monoisotopic (exact) mass is 282 g/mol. The van der Waals surface area contributed by atoms with E-state index in [1.165, 1.54) is 11.8 Å². The van der Waals surface area contributed by atoms with Gasteiger partial charge < -0.3 is 15.8 Å². The summed E-state index contributed by atoms with van der Waals surface area (Å²) in [5.41, 5.74) is 5.73. The van der Waals surface area contributed by atoms with Gasteiger partial charge >= 0.3 is 0 Å². The maximum atomic E-state index is 11.6. The lowest BCUT2D eigenvalue weighted by Crippen LogP contribution is -2.16. The molecule has 2 amide bonds. The molecule has 19 heavy (non-hydrogen) atoms. The molecule has 0 unspecified atom stereocenters. The fourth-order valence-electron chi connectivity index (χ4n) is 1.34. The molecule has 0 saturated carbocycles. The van der Waals surface area contributed by atoms with Crippen LogP contribution in [0.5, 0.6) is 5.75 Å². The average Bonchev–Trinajstić information content (AvgIpc) is 2.37. The predicted octanol–water partition coefficient (Wildman–Crippen LogP) is 1.63. The van der Waals surface area contributed by atoms with Crippen LogP contribution in [0.1, 0.15) is 13.3 Å². The molecule has 0 aliphatic heterocycles. The molecule has 0 aliphatic carbocycles. The molecule has 0 atom stereocenters. The molecular weight excluding hydrogens is 264 g/mol. The van der Waals surface area contributed by atoms with Gasteiger partial charge in [0.1, 0.15) is 5.75 Å². The van der Waals surface area contributed by atoms with Gasteiger partial charge in [-0.15, -0.1) is 0 Å². The van der Waals surface area contributed by atoms with Gasteiger partial charge in [-0.2, -0.15) is 11.8 Å². The van der Waals surface area contributed by atoms with Crippen molar-refractivity contribution in [3.05, 3.63) is 24.3 Å². The lowest BCUT2D eigenvalue weighted by atomic mass is 10.3. The van der Waals surface area contributed by atoms with Gasteiger partial charge in [0.25, 0.3) is 0 Å². The van der Waals surface area contributed by atoms with Crippen molar-refractivity contribution in [3.63, 3.8) is 0 Å². The molecule has 0 saturated heterocycles. The smallest absolute Gasteiger partial charge is 0.234 e. The zero-order chi connectivity index (χ0) is 14.1. The van der Waals surface area contributed by atoms with E-state index in [9.17, 15) is 9.59 Å². The number of carbonyl (C=O) groups excluding carboxylic acids is 2. The lowest BCUT2D eigenvalue weighted by molar-refractivity contribution is -0.117. The van der Waals surface area contributed by atoms with Gasteiger partial charge in [0.2, 0.25) is 11.8 Å². The van der Waals surface area contributed by atoms with Crippen molar-refractivity contribution >= 4 is 29.3 Å². The minimum atomic E-state index is -0.348. The normalized spacial score (nSPS) is 9.95. The van der Waals surface area contributed by atoms with E-state index in [1.54, 1.807) is 24.3 Å². The molecule has 0 radical (unpaired) electrons. The Labute approximate surface area is 116 Å². The first kappa shape index (κ1) is 15.4. The second kappa shape index (κ2) is 8.42. The molecule has 1 aromatic carbocycles. The first-order chi connectivity index (χ1) is 9.11. The minimum Gasteiger partial charge on any atom is -0.494 e. The average molecular weight is 282 g/mol. The molecule has 0 aromatic heterocycles. The molecule has 0 aliphatic rings. The summed E-state index contributed by atoms with van der Waals surface area (Å²) in [6.45, 7) is 2.53. The largest absolute Gasteiger partial charge is 0.494 e. The van der Waals surface area contributed by atoms with E-state index < -0.39 is 0 Å². The van der Waals surface area contributed by atoms with E-state index in [1.807, 2.05) is 6.92 Å². The van der Waals surface area contributed by atoms with Crippen LogP contribution in [0.4, 0.5) is 5.69 Å². The SMILES string of the molecule is CCOc1ccc(NC(=O)CSCCC(N)=O)cc1. The lowest BCUT2D eigenvalue weighted by Gasteiger charge is -2.06. The molecule has 1 rings (SSSR count). The molecule has 0 spiro atoms. The zero-order valence-corrected chi connectivity index (χ0v) is 11.7. The Balaban J connectivity index is 2.29. The van der Waals surface area contributed by atoms with Gasteiger partial charge in [-0.05, 0) is 31.2 Å². The van der Waals surface area contributed by atoms with Crippen LogP contribution < -0.4 is 15.8 Å². The molecule has 0 fully saturated rings. The number of anilines is 1. The van der Waals surface area contributed by atoms with Crippen molar-refractivity contribution in [1.29, 1.82) is 0 Å². The van der Waals surface area contributed by atoms with Crippen LogP contribution in [0.3, 0.4) is 0 Å². The summed E-state index contributed by atoms with van der Waals surface area (Å²) in [4.78, 5) is 22.1. The molecule has 104 valence electrons. The van der Waals surface area contributed by atoms with Crippen molar-refractivity contribution in [2.75, 3.05) is 23.4 Å². The molecule has 6 heteroatoms. The van der Waals surface area contributed by atoms with E-state index in [4.69, 9.17) is 10.5 Å². The highest BCUT2D eigenvalue weighted by Gasteiger charge is 2.03. The van der Waals surface area contributed by atoms with Gasteiger partial charge in [0.15, 0.2) is 0 Å². The fraction of sp³-hybridized carbons (Fsp3) is 0.385. The Morgan fingerprint density at radius 2 is 2.00 bits per heavy atom. The highest BCUT2D eigenvalue weighted by atomic mass is 32.2. The zero-order valence-electron chi connectivity index (χ0n) is 10.8. The Morgan fingerprint density at radius 3 is 2.58 bits per heavy atom. The van der Waals surface area contributed by atoms with Crippen molar-refractivity contribution in [2.45, 2.75) is 13.3 Å². The maximum absolute atomic E-state index is 11.6.